The molecule has 21 heavy (non-hydrogen) atoms. The number of rotatable bonds is 6. The van der Waals surface area contributed by atoms with Gasteiger partial charge in [-0.25, -0.2) is 4.98 Å². The van der Waals surface area contributed by atoms with Gasteiger partial charge in [0.1, 0.15) is 10.8 Å². The van der Waals surface area contributed by atoms with E-state index < -0.39 is 5.97 Å². The molecule has 1 amide bonds. The quantitative estimate of drug-likeness (QED) is 0.782. The van der Waals surface area contributed by atoms with Crippen molar-refractivity contribution in [1.82, 2.24) is 10.3 Å². The van der Waals surface area contributed by atoms with Crippen molar-refractivity contribution in [2.24, 2.45) is 0 Å². The second-order valence-electron chi connectivity index (χ2n) is 4.40. The average Bonchev–Trinajstić information content (AvgIpc) is 2.84. The Morgan fingerprint density at radius 1 is 1.24 bits per heavy atom. The van der Waals surface area contributed by atoms with E-state index in [9.17, 15) is 14.7 Å². The summed E-state index contributed by atoms with van der Waals surface area (Å²) in [6.07, 6.45) is -0.137. The number of hydrogen-bond donors (Lipinski definition) is 2. The van der Waals surface area contributed by atoms with Crippen LogP contribution in [0.15, 0.2) is 29.6 Å². The molecule has 1 aromatic carbocycles. The minimum atomic E-state index is -1.19. The normalized spacial score (nSPS) is 10.3. The first kappa shape index (κ1) is 15.0. The third kappa shape index (κ3) is 4.88. The van der Waals surface area contributed by atoms with E-state index in [2.05, 4.69) is 10.3 Å². The monoisotopic (exact) mass is 305 g/mol. The molecule has 0 saturated heterocycles. The van der Waals surface area contributed by atoms with Gasteiger partial charge in [0.05, 0.1) is 12.1 Å². The van der Waals surface area contributed by atoms with Crippen LogP contribution >= 0.6 is 11.3 Å². The van der Waals surface area contributed by atoms with E-state index in [0.29, 0.717) is 17.2 Å². The SMILES string of the molecule is O=C([O-])Cc1csc(CC(=O)NCc2ccc(O)cc2)n1. The molecule has 2 N–H and O–H groups in total. The molecule has 0 aliphatic heterocycles. The van der Waals surface area contributed by atoms with Crippen molar-refractivity contribution in [3.63, 3.8) is 0 Å². The van der Waals surface area contributed by atoms with Crippen LogP contribution in [-0.4, -0.2) is 22.0 Å². The molecular formula is C14H13N2O4S-. The van der Waals surface area contributed by atoms with Crippen LogP contribution in [0.4, 0.5) is 0 Å². The standard InChI is InChI=1S/C14H14N2O4S/c17-11-3-1-9(2-4-11)7-15-12(18)6-13-16-10(8-21-13)5-14(19)20/h1-4,8,17H,5-7H2,(H,15,18)(H,19,20)/p-1. The fourth-order valence-electron chi connectivity index (χ4n) is 1.67. The summed E-state index contributed by atoms with van der Waals surface area (Å²) in [5, 5.41) is 24.5. The number of carboxylic acids is 1. The van der Waals surface area contributed by atoms with Crippen LogP contribution in [0, 0.1) is 0 Å². The summed E-state index contributed by atoms with van der Waals surface area (Å²) >= 11 is 1.25. The Morgan fingerprint density at radius 3 is 2.62 bits per heavy atom. The fourth-order valence-corrected chi connectivity index (χ4v) is 2.47. The van der Waals surface area contributed by atoms with Gasteiger partial charge in [-0.15, -0.1) is 11.3 Å². The van der Waals surface area contributed by atoms with Gasteiger partial charge in [0.2, 0.25) is 5.91 Å². The fraction of sp³-hybridized carbons (Fsp3) is 0.214. The summed E-state index contributed by atoms with van der Waals surface area (Å²) in [5.41, 5.74) is 1.28. The molecule has 0 atom stereocenters. The van der Waals surface area contributed by atoms with Crippen LogP contribution in [0.3, 0.4) is 0 Å². The van der Waals surface area contributed by atoms with Crippen molar-refractivity contribution in [1.29, 1.82) is 0 Å². The molecule has 0 unspecified atom stereocenters. The van der Waals surface area contributed by atoms with Crippen LogP contribution < -0.4 is 10.4 Å². The summed E-state index contributed by atoms with van der Waals surface area (Å²) in [5.74, 6) is -1.21. The maximum Gasteiger partial charge on any atom is 0.227 e. The van der Waals surface area contributed by atoms with Gasteiger partial charge in [-0.3, -0.25) is 4.79 Å². The topological polar surface area (TPSA) is 102 Å². The van der Waals surface area contributed by atoms with Crippen molar-refractivity contribution in [2.75, 3.05) is 0 Å². The van der Waals surface area contributed by atoms with E-state index in [1.165, 1.54) is 11.3 Å². The molecule has 0 aliphatic carbocycles. The Kier molecular flexibility index (Phi) is 4.89. The zero-order valence-electron chi connectivity index (χ0n) is 11.0. The number of phenolic OH excluding ortho intramolecular Hbond substituents is 1. The highest BCUT2D eigenvalue weighted by atomic mass is 32.1. The summed E-state index contributed by atoms with van der Waals surface area (Å²) in [7, 11) is 0. The number of thiazole rings is 1. The van der Waals surface area contributed by atoms with Gasteiger partial charge in [-0.1, -0.05) is 12.1 Å². The second kappa shape index (κ2) is 6.85. The lowest BCUT2D eigenvalue weighted by Gasteiger charge is -2.04. The van der Waals surface area contributed by atoms with E-state index in [4.69, 9.17) is 5.11 Å². The summed E-state index contributed by atoms with van der Waals surface area (Å²) in [6, 6.07) is 6.54. The molecule has 1 aromatic heterocycles. The Hall–Kier alpha value is -2.41. The van der Waals surface area contributed by atoms with Crippen molar-refractivity contribution in [3.8, 4) is 5.75 Å². The lowest BCUT2D eigenvalue weighted by Crippen LogP contribution is -2.25. The molecule has 0 radical (unpaired) electrons. The molecule has 0 fully saturated rings. The zero-order valence-corrected chi connectivity index (χ0v) is 11.9. The smallest absolute Gasteiger partial charge is 0.227 e. The van der Waals surface area contributed by atoms with Gasteiger partial charge in [0, 0.05) is 24.3 Å². The Balaban J connectivity index is 1.82. The van der Waals surface area contributed by atoms with Gasteiger partial charge in [0.15, 0.2) is 0 Å². The van der Waals surface area contributed by atoms with Crippen LogP contribution in [0.25, 0.3) is 0 Å². The molecule has 0 aliphatic rings. The van der Waals surface area contributed by atoms with Gasteiger partial charge < -0.3 is 20.3 Å². The van der Waals surface area contributed by atoms with Gasteiger partial charge in [-0.05, 0) is 17.7 Å². The van der Waals surface area contributed by atoms with E-state index in [1.807, 2.05) is 0 Å². The van der Waals surface area contributed by atoms with Crippen LogP contribution in [-0.2, 0) is 29.0 Å². The van der Waals surface area contributed by atoms with E-state index in [0.717, 1.165) is 5.56 Å². The number of aromatic nitrogens is 1. The number of carboxylic acid groups (broad SMARTS) is 1. The maximum absolute atomic E-state index is 11.8. The Morgan fingerprint density at radius 2 is 1.95 bits per heavy atom. The van der Waals surface area contributed by atoms with Crippen LogP contribution in [0.1, 0.15) is 16.3 Å². The highest BCUT2D eigenvalue weighted by Crippen LogP contribution is 2.12. The lowest BCUT2D eigenvalue weighted by atomic mass is 10.2. The minimum Gasteiger partial charge on any atom is -0.550 e. The first-order valence-electron chi connectivity index (χ1n) is 6.20. The molecule has 0 spiro atoms. The van der Waals surface area contributed by atoms with Crippen molar-refractivity contribution in [3.05, 3.63) is 45.9 Å². The number of aromatic hydroxyl groups is 1. The number of phenols is 1. The molecule has 110 valence electrons. The van der Waals surface area contributed by atoms with Gasteiger partial charge in [-0.2, -0.15) is 0 Å². The lowest BCUT2D eigenvalue weighted by molar-refractivity contribution is -0.304. The van der Waals surface area contributed by atoms with E-state index >= 15 is 0 Å². The third-order valence-electron chi connectivity index (χ3n) is 2.66. The number of aliphatic carboxylic acids is 1. The molecule has 2 rings (SSSR count). The van der Waals surface area contributed by atoms with Crippen LogP contribution in [0.5, 0.6) is 5.75 Å². The highest BCUT2D eigenvalue weighted by Gasteiger charge is 2.08. The molecule has 0 bridgehead atoms. The summed E-state index contributed by atoms with van der Waals surface area (Å²) < 4.78 is 0. The summed E-state index contributed by atoms with van der Waals surface area (Å²) in [4.78, 5) is 26.3. The molecule has 1 heterocycles. The van der Waals surface area contributed by atoms with E-state index in [1.54, 1.807) is 29.6 Å². The number of amides is 1. The number of nitrogens with zero attached hydrogens (tertiary/aromatic N) is 1. The van der Waals surface area contributed by atoms with Crippen LogP contribution in [0.2, 0.25) is 0 Å². The predicted octanol–water partition coefficient (Wildman–Crippen LogP) is -0.000000000000000777. The summed E-state index contributed by atoms with van der Waals surface area (Å²) in [6.45, 7) is 0.358. The predicted molar refractivity (Wildman–Crippen MR) is 74.5 cm³/mol. The Bertz CT molecular complexity index is 637. The molecular weight excluding hydrogens is 292 g/mol. The second-order valence-corrected chi connectivity index (χ2v) is 5.34. The minimum absolute atomic E-state index is 0.107. The Labute approximate surface area is 125 Å². The third-order valence-corrected chi connectivity index (χ3v) is 3.56. The van der Waals surface area contributed by atoms with Gasteiger partial charge in [0.25, 0.3) is 0 Å². The highest BCUT2D eigenvalue weighted by molar-refractivity contribution is 7.09. The number of carbonyl (C=O) groups is 2. The maximum atomic E-state index is 11.8. The zero-order chi connectivity index (χ0) is 15.2. The first-order chi connectivity index (χ1) is 10.0. The average molecular weight is 305 g/mol. The number of carbonyl (C=O) groups excluding carboxylic acids is 2. The largest absolute Gasteiger partial charge is 0.550 e. The molecule has 0 saturated carbocycles. The van der Waals surface area contributed by atoms with Gasteiger partial charge >= 0.3 is 0 Å². The number of benzene rings is 1. The van der Waals surface area contributed by atoms with E-state index in [-0.39, 0.29) is 24.5 Å². The van der Waals surface area contributed by atoms with Crippen molar-refractivity contribution in [2.45, 2.75) is 19.4 Å². The molecule has 7 heteroatoms. The molecule has 6 nitrogen and oxygen atoms in total. The van der Waals surface area contributed by atoms with Crippen molar-refractivity contribution < 1.29 is 19.8 Å². The first-order valence-corrected chi connectivity index (χ1v) is 7.08. The van der Waals surface area contributed by atoms with Crippen molar-refractivity contribution >= 4 is 23.2 Å². The number of nitrogens with one attached hydrogen (secondary N) is 1. The molecule has 2 aromatic rings. The number of hydrogen-bond acceptors (Lipinski definition) is 6.